The molecule has 1 unspecified atom stereocenters. The summed E-state index contributed by atoms with van der Waals surface area (Å²) in [4.78, 5) is 16.7. The Morgan fingerprint density at radius 1 is 1.23 bits per heavy atom. The van der Waals surface area contributed by atoms with Gasteiger partial charge in [-0.25, -0.2) is 4.98 Å². The number of aromatic nitrogens is 1. The highest BCUT2D eigenvalue weighted by molar-refractivity contribution is 7.09. The molecule has 1 atom stereocenters. The van der Waals surface area contributed by atoms with Gasteiger partial charge in [0.25, 0.3) is 5.91 Å². The summed E-state index contributed by atoms with van der Waals surface area (Å²) in [6.07, 6.45) is 2.44. The maximum Gasteiger partial charge on any atom is 0.260 e. The molecular weight excluding hydrogens is 344 g/mol. The number of nitrogens with one attached hydrogen (secondary N) is 1. The number of ether oxygens (including phenoxy) is 1. The average molecular weight is 375 g/mol. The molecule has 1 aromatic carbocycles. The minimum atomic E-state index is -0.502. The second-order valence-electron chi connectivity index (χ2n) is 7.07. The van der Waals surface area contributed by atoms with Crippen LogP contribution in [0.5, 0.6) is 5.75 Å². The number of carbonyl (C=O) groups excluding carboxylic acids is 1. The van der Waals surface area contributed by atoms with Crippen molar-refractivity contribution in [2.24, 2.45) is 0 Å². The van der Waals surface area contributed by atoms with Crippen molar-refractivity contribution in [3.05, 3.63) is 45.4 Å². The molecule has 142 valence electrons. The molecule has 0 fully saturated rings. The standard InChI is InChI=1S/C21H30N2O2S/c1-14(2)18-10-9-15(3)19(12-18)25-17(5)21(24)22-11-7-6-8-20-23-16(4)13-26-20/h9-10,12-14,17H,6-8,11H2,1-5H3,(H,22,24). The van der Waals surface area contributed by atoms with Crippen LogP contribution in [0.4, 0.5) is 0 Å². The largest absolute Gasteiger partial charge is 0.481 e. The molecule has 0 spiro atoms. The fourth-order valence-corrected chi connectivity index (χ4v) is 3.44. The van der Waals surface area contributed by atoms with Crippen molar-refractivity contribution in [1.82, 2.24) is 10.3 Å². The maximum absolute atomic E-state index is 12.3. The number of thiazole rings is 1. The van der Waals surface area contributed by atoms with Gasteiger partial charge < -0.3 is 10.1 Å². The normalized spacial score (nSPS) is 12.2. The third kappa shape index (κ3) is 6.13. The number of benzene rings is 1. The van der Waals surface area contributed by atoms with E-state index in [9.17, 15) is 4.79 Å². The summed E-state index contributed by atoms with van der Waals surface area (Å²) in [5.41, 5.74) is 3.35. The molecule has 26 heavy (non-hydrogen) atoms. The molecule has 1 N–H and O–H groups in total. The molecule has 1 amide bonds. The van der Waals surface area contributed by atoms with Crippen molar-refractivity contribution < 1.29 is 9.53 Å². The molecule has 2 rings (SSSR count). The summed E-state index contributed by atoms with van der Waals surface area (Å²) in [6.45, 7) is 10.8. The summed E-state index contributed by atoms with van der Waals surface area (Å²) < 4.78 is 5.91. The minimum absolute atomic E-state index is 0.0653. The fraction of sp³-hybridized carbons (Fsp3) is 0.524. The number of hydrogen-bond donors (Lipinski definition) is 1. The molecule has 1 aromatic heterocycles. The second kappa shape index (κ2) is 9.72. The van der Waals surface area contributed by atoms with Gasteiger partial charge in [0.15, 0.2) is 6.10 Å². The van der Waals surface area contributed by atoms with E-state index in [1.165, 1.54) is 10.6 Å². The van der Waals surface area contributed by atoms with Crippen LogP contribution in [0, 0.1) is 13.8 Å². The van der Waals surface area contributed by atoms with Gasteiger partial charge >= 0.3 is 0 Å². The van der Waals surface area contributed by atoms with Gasteiger partial charge in [0.2, 0.25) is 0 Å². The predicted molar refractivity (Wildman–Crippen MR) is 108 cm³/mol. The Kier molecular flexibility index (Phi) is 7.64. The van der Waals surface area contributed by atoms with Gasteiger partial charge in [0.05, 0.1) is 5.01 Å². The van der Waals surface area contributed by atoms with E-state index in [2.05, 4.69) is 41.7 Å². The summed E-state index contributed by atoms with van der Waals surface area (Å²) in [7, 11) is 0. The topological polar surface area (TPSA) is 51.2 Å². The lowest BCUT2D eigenvalue weighted by atomic mass is 10.0. The Morgan fingerprint density at radius 2 is 2.00 bits per heavy atom. The zero-order valence-electron chi connectivity index (χ0n) is 16.5. The average Bonchev–Trinajstić information content (AvgIpc) is 3.01. The molecular formula is C21H30N2O2S. The number of aryl methyl sites for hydroxylation is 3. The van der Waals surface area contributed by atoms with Crippen molar-refractivity contribution in [2.45, 2.75) is 65.9 Å². The van der Waals surface area contributed by atoms with Crippen LogP contribution >= 0.6 is 11.3 Å². The molecule has 1 heterocycles. The van der Waals surface area contributed by atoms with Crippen molar-refractivity contribution in [3.63, 3.8) is 0 Å². The van der Waals surface area contributed by atoms with E-state index in [1.807, 2.05) is 19.9 Å². The monoisotopic (exact) mass is 374 g/mol. The second-order valence-corrected chi connectivity index (χ2v) is 8.01. The van der Waals surface area contributed by atoms with Crippen molar-refractivity contribution in [1.29, 1.82) is 0 Å². The summed E-state index contributed by atoms with van der Waals surface area (Å²) in [6, 6.07) is 6.21. The van der Waals surface area contributed by atoms with E-state index in [-0.39, 0.29) is 5.91 Å². The molecule has 5 heteroatoms. The third-order valence-corrected chi connectivity index (χ3v) is 5.36. The number of unbranched alkanes of at least 4 members (excludes halogenated alkanes) is 1. The molecule has 0 aliphatic heterocycles. The number of carbonyl (C=O) groups is 1. The Labute approximate surface area is 161 Å². The highest BCUT2D eigenvalue weighted by atomic mass is 32.1. The van der Waals surface area contributed by atoms with Crippen LogP contribution in [0.2, 0.25) is 0 Å². The van der Waals surface area contributed by atoms with Crippen LogP contribution in [0.25, 0.3) is 0 Å². The Hall–Kier alpha value is -1.88. The first-order valence-corrected chi connectivity index (χ1v) is 10.2. The van der Waals surface area contributed by atoms with Crippen LogP contribution in [-0.2, 0) is 11.2 Å². The molecule has 0 aliphatic carbocycles. The Bertz CT molecular complexity index is 725. The van der Waals surface area contributed by atoms with Gasteiger partial charge in [0.1, 0.15) is 5.75 Å². The molecule has 2 aromatic rings. The smallest absolute Gasteiger partial charge is 0.260 e. The van der Waals surface area contributed by atoms with Gasteiger partial charge in [-0.05, 0) is 63.1 Å². The first-order valence-electron chi connectivity index (χ1n) is 9.32. The van der Waals surface area contributed by atoms with Crippen LogP contribution < -0.4 is 10.1 Å². The number of hydrogen-bond acceptors (Lipinski definition) is 4. The molecule has 0 saturated carbocycles. The quantitative estimate of drug-likeness (QED) is 0.642. The highest BCUT2D eigenvalue weighted by Gasteiger charge is 2.16. The molecule has 0 radical (unpaired) electrons. The van der Waals surface area contributed by atoms with Crippen LogP contribution in [0.3, 0.4) is 0 Å². The van der Waals surface area contributed by atoms with E-state index >= 15 is 0 Å². The van der Waals surface area contributed by atoms with E-state index in [0.29, 0.717) is 12.5 Å². The van der Waals surface area contributed by atoms with Crippen LogP contribution in [-0.4, -0.2) is 23.5 Å². The van der Waals surface area contributed by atoms with E-state index in [0.717, 1.165) is 36.3 Å². The zero-order valence-corrected chi connectivity index (χ0v) is 17.3. The van der Waals surface area contributed by atoms with Crippen molar-refractivity contribution in [3.8, 4) is 5.75 Å². The maximum atomic E-state index is 12.3. The van der Waals surface area contributed by atoms with Gasteiger partial charge in [-0.3, -0.25) is 4.79 Å². The minimum Gasteiger partial charge on any atom is -0.481 e. The van der Waals surface area contributed by atoms with Crippen LogP contribution in [0.1, 0.15) is 61.4 Å². The van der Waals surface area contributed by atoms with E-state index < -0.39 is 6.10 Å². The molecule has 0 aliphatic rings. The van der Waals surface area contributed by atoms with Gasteiger partial charge in [0, 0.05) is 17.6 Å². The number of amides is 1. The molecule has 0 bridgehead atoms. The summed E-state index contributed by atoms with van der Waals surface area (Å²) in [5, 5.41) is 6.22. The predicted octanol–water partition coefficient (Wildman–Crippen LogP) is 4.79. The molecule has 4 nitrogen and oxygen atoms in total. The first-order chi connectivity index (χ1) is 12.4. The van der Waals surface area contributed by atoms with Crippen LogP contribution in [0.15, 0.2) is 23.6 Å². The Morgan fingerprint density at radius 3 is 2.65 bits per heavy atom. The van der Waals surface area contributed by atoms with Gasteiger partial charge in [-0.1, -0.05) is 26.0 Å². The lowest BCUT2D eigenvalue weighted by Gasteiger charge is -2.18. The van der Waals surface area contributed by atoms with Gasteiger partial charge in [-0.2, -0.15) is 0 Å². The van der Waals surface area contributed by atoms with E-state index in [1.54, 1.807) is 18.3 Å². The number of nitrogens with zero attached hydrogens (tertiary/aromatic N) is 1. The fourth-order valence-electron chi connectivity index (χ4n) is 2.62. The third-order valence-electron chi connectivity index (χ3n) is 4.34. The summed E-state index contributed by atoms with van der Waals surface area (Å²) in [5.74, 6) is 1.16. The lowest BCUT2D eigenvalue weighted by molar-refractivity contribution is -0.127. The lowest BCUT2D eigenvalue weighted by Crippen LogP contribution is -2.37. The summed E-state index contributed by atoms with van der Waals surface area (Å²) >= 11 is 1.71. The van der Waals surface area contributed by atoms with Crippen molar-refractivity contribution in [2.75, 3.05) is 6.54 Å². The highest BCUT2D eigenvalue weighted by Crippen LogP contribution is 2.25. The Balaban J connectivity index is 1.74. The molecule has 0 saturated heterocycles. The van der Waals surface area contributed by atoms with Crippen molar-refractivity contribution >= 4 is 17.2 Å². The SMILES string of the molecule is Cc1csc(CCCCNC(=O)C(C)Oc2cc(C(C)C)ccc2C)n1. The zero-order chi connectivity index (χ0) is 19.1. The first kappa shape index (κ1) is 20.4. The van der Waals surface area contributed by atoms with Gasteiger partial charge in [-0.15, -0.1) is 11.3 Å². The number of rotatable bonds is 9. The van der Waals surface area contributed by atoms with E-state index in [4.69, 9.17) is 4.74 Å².